The molecule has 0 fully saturated rings. The Labute approximate surface area is 141 Å². The zero-order valence-corrected chi connectivity index (χ0v) is 13.9. The number of rotatable bonds is 6. The molecule has 24 heavy (non-hydrogen) atoms. The fourth-order valence-corrected chi connectivity index (χ4v) is 2.03. The highest BCUT2D eigenvalue weighted by atomic mass is 16.7. The lowest BCUT2D eigenvalue weighted by Gasteiger charge is -2.09. The molecule has 0 unspecified atom stereocenters. The molecule has 1 N–H and O–H groups in total. The summed E-state index contributed by atoms with van der Waals surface area (Å²) in [6.07, 6.45) is -0.612. The first-order valence-electron chi connectivity index (χ1n) is 7.39. The van der Waals surface area contributed by atoms with E-state index in [1.54, 1.807) is 33.3 Å². The summed E-state index contributed by atoms with van der Waals surface area (Å²) in [6.45, 7) is 2.12. The molecular weight excluding hydrogens is 308 g/mol. The van der Waals surface area contributed by atoms with E-state index < -0.39 is 6.09 Å². The standard InChI is InChI=1S/C18H20N2O4/c1-13(15-9-10-16(22-2)17(11-15)23-3)20-24-18(21)19-12-14-7-5-4-6-8-14/h4-11H,12H2,1-3H3,(H,19,21)/b20-13-. The van der Waals surface area contributed by atoms with Crippen molar-refractivity contribution in [3.8, 4) is 11.5 Å². The zero-order valence-electron chi connectivity index (χ0n) is 13.9. The molecular formula is C18H20N2O4. The predicted octanol–water partition coefficient (Wildman–Crippen LogP) is 3.35. The van der Waals surface area contributed by atoms with Crippen molar-refractivity contribution in [3.63, 3.8) is 0 Å². The first-order valence-corrected chi connectivity index (χ1v) is 7.39. The summed E-state index contributed by atoms with van der Waals surface area (Å²) in [6, 6.07) is 14.9. The summed E-state index contributed by atoms with van der Waals surface area (Å²) >= 11 is 0. The van der Waals surface area contributed by atoms with Crippen LogP contribution in [0.5, 0.6) is 11.5 Å². The van der Waals surface area contributed by atoms with E-state index in [4.69, 9.17) is 14.3 Å². The number of hydrogen-bond acceptors (Lipinski definition) is 5. The first kappa shape index (κ1) is 17.3. The van der Waals surface area contributed by atoms with Gasteiger partial charge in [0.15, 0.2) is 11.5 Å². The normalized spacial score (nSPS) is 10.9. The molecule has 1 amide bonds. The number of nitrogens with zero attached hydrogens (tertiary/aromatic N) is 1. The Morgan fingerprint density at radius 3 is 2.42 bits per heavy atom. The maximum absolute atomic E-state index is 11.7. The third-order valence-electron chi connectivity index (χ3n) is 3.35. The van der Waals surface area contributed by atoms with Crippen LogP contribution in [0.15, 0.2) is 53.7 Å². The third-order valence-corrected chi connectivity index (χ3v) is 3.35. The molecule has 0 aliphatic carbocycles. The highest BCUT2D eigenvalue weighted by Gasteiger charge is 2.08. The second kappa shape index (κ2) is 8.57. The van der Waals surface area contributed by atoms with Crippen molar-refractivity contribution >= 4 is 11.8 Å². The molecule has 6 heteroatoms. The van der Waals surface area contributed by atoms with Gasteiger partial charge in [0, 0.05) is 12.1 Å². The lowest BCUT2D eigenvalue weighted by Crippen LogP contribution is -2.22. The molecule has 126 valence electrons. The predicted molar refractivity (Wildman–Crippen MR) is 91.5 cm³/mol. The van der Waals surface area contributed by atoms with Gasteiger partial charge in [-0.05, 0) is 30.7 Å². The van der Waals surface area contributed by atoms with Gasteiger partial charge < -0.3 is 14.8 Å². The Morgan fingerprint density at radius 2 is 1.75 bits per heavy atom. The fourth-order valence-electron chi connectivity index (χ4n) is 2.03. The van der Waals surface area contributed by atoms with Crippen molar-refractivity contribution < 1.29 is 19.1 Å². The highest BCUT2D eigenvalue weighted by molar-refractivity contribution is 5.99. The van der Waals surface area contributed by atoms with Crippen molar-refractivity contribution in [2.45, 2.75) is 13.5 Å². The van der Waals surface area contributed by atoms with E-state index in [2.05, 4.69) is 10.5 Å². The van der Waals surface area contributed by atoms with Gasteiger partial charge in [0.2, 0.25) is 0 Å². The number of carbonyl (C=O) groups excluding carboxylic acids is 1. The van der Waals surface area contributed by atoms with Crippen LogP contribution in [0, 0.1) is 0 Å². The van der Waals surface area contributed by atoms with E-state index in [9.17, 15) is 4.79 Å². The van der Waals surface area contributed by atoms with Crippen LogP contribution in [-0.2, 0) is 11.4 Å². The second-order valence-corrected chi connectivity index (χ2v) is 4.96. The summed E-state index contributed by atoms with van der Waals surface area (Å²) in [4.78, 5) is 16.6. The largest absolute Gasteiger partial charge is 0.493 e. The van der Waals surface area contributed by atoms with Crippen LogP contribution in [0.4, 0.5) is 4.79 Å². The number of nitrogens with one attached hydrogen (secondary N) is 1. The van der Waals surface area contributed by atoms with Gasteiger partial charge in [-0.25, -0.2) is 4.79 Å². The smallest absolute Gasteiger partial charge is 0.433 e. The molecule has 0 saturated carbocycles. The van der Waals surface area contributed by atoms with Gasteiger partial charge >= 0.3 is 6.09 Å². The molecule has 2 aromatic rings. The Bertz CT molecular complexity index is 714. The summed E-state index contributed by atoms with van der Waals surface area (Å²) in [5.41, 5.74) is 2.30. The van der Waals surface area contributed by atoms with Crippen LogP contribution >= 0.6 is 0 Å². The van der Waals surface area contributed by atoms with Gasteiger partial charge in [-0.15, -0.1) is 0 Å². The lowest BCUT2D eigenvalue weighted by molar-refractivity contribution is 0.150. The van der Waals surface area contributed by atoms with Gasteiger partial charge in [-0.3, -0.25) is 4.84 Å². The van der Waals surface area contributed by atoms with Crippen molar-refractivity contribution in [3.05, 3.63) is 59.7 Å². The minimum atomic E-state index is -0.612. The zero-order chi connectivity index (χ0) is 17.4. The maximum atomic E-state index is 11.7. The van der Waals surface area contributed by atoms with Crippen LogP contribution in [0.1, 0.15) is 18.1 Å². The summed E-state index contributed by atoms with van der Waals surface area (Å²) in [5, 5.41) is 6.48. The quantitative estimate of drug-likeness (QED) is 0.501. The van der Waals surface area contributed by atoms with Crippen LogP contribution in [0.25, 0.3) is 0 Å². The average Bonchev–Trinajstić information content (AvgIpc) is 2.64. The molecule has 2 rings (SSSR count). The van der Waals surface area contributed by atoms with E-state index in [-0.39, 0.29) is 0 Å². The number of amides is 1. The molecule has 2 aromatic carbocycles. The minimum absolute atomic E-state index is 0.380. The number of hydrogen-bond donors (Lipinski definition) is 1. The molecule has 0 heterocycles. The molecule has 0 aromatic heterocycles. The van der Waals surface area contributed by atoms with E-state index in [1.165, 1.54) is 0 Å². The molecule has 6 nitrogen and oxygen atoms in total. The monoisotopic (exact) mass is 328 g/mol. The van der Waals surface area contributed by atoms with Gasteiger partial charge in [0.05, 0.1) is 19.9 Å². The maximum Gasteiger partial charge on any atom is 0.433 e. The van der Waals surface area contributed by atoms with Crippen LogP contribution in [-0.4, -0.2) is 26.0 Å². The minimum Gasteiger partial charge on any atom is -0.493 e. The van der Waals surface area contributed by atoms with Gasteiger partial charge in [-0.2, -0.15) is 0 Å². The molecule has 0 spiro atoms. The summed E-state index contributed by atoms with van der Waals surface area (Å²) in [7, 11) is 3.13. The van der Waals surface area contributed by atoms with Crippen molar-refractivity contribution in [2.24, 2.45) is 5.16 Å². The van der Waals surface area contributed by atoms with Gasteiger partial charge in [0.1, 0.15) is 0 Å². The third kappa shape index (κ3) is 4.74. The second-order valence-electron chi connectivity index (χ2n) is 4.96. The Balaban J connectivity index is 1.94. The Kier molecular flexibility index (Phi) is 6.19. The van der Waals surface area contributed by atoms with Gasteiger partial charge in [0.25, 0.3) is 0 Å². The van der Waals surface area contributed by atoms with Crippen molar-refractivity contribution in [1.29, 1.82) is 0 Å². The highest BCUT2D eigenvalue weighted by Crippen LogP contribution is 2.27. The number of methoxy groups -OCH3 is 2. The van der Waals surface area contributed by atoms with E-state index >= 15 is 0 Å². The Hall–Kier alpha value is -3.02. The molecule has 0 aliphatic rings. The first-order chi connectivity index (χ1) is 11.6. The van der Waals surface area contributed by atoms with Crippen molar-refractivity contribution in [2.75, 3.05) is 14.2 Å². The average molecular weight is 328 g/mol. The molecule has 0 aliphatic heterocycles. The lowest BCUT2D eigenvalue weighted by atomic mass is 10.1. The fraction of sp³-hybridized carbons (Fsp3) is 0.222. The molecule has 0 bridgehead atoms. The number of carbonyl (C=O) groups is 1. The molecule has 0 radical (unpaired) electrons. The van der Waals surface area contributed by atoms with E-state index in [0.29, 0.717) is 23.8 Å². The number of oxime groups is 1. The van der Waals surface area contributed by atoms with Gasteiger partial charge in [-0.1, -0.05) is 35.5 Å². The molecule has 0 saturated heterocycles. The van der Waals surface area contributed by atoms with E-state index in [0.717, 1.165) is 11.1 Å². The molecule has 0 atom stereocenters. The van der Waals surface area contributed by atoms with Crippen LogP contribution in [0.2, 0.25) is 0 Å². The van der Waals surface area contributed by atoms with E-state index in [1.807, 2.05) is 36.4 Å². The summed E-state index contributed by atoms with van der Waals surface area (Å²) in [5.74, 6) is 1.20. The SMILES string of the molecule is COc1ccc(/C(C)=N\OC(=O)NCc2ccccc2)cc1OC. The number of ether oxygens (including phenoxy) is 2. The summed E-state index contributed by atoms with van der Waals surface area (Å²) < 4.78 is 10.4. The van der Waals surface area contributed by atoms with Crippen LogP contribution in [0.3, 0.4) is 0 Å². The topological polar surface area (TPSA) is 69.2 Å². The van der Waals surface area contributed by atoms with Crippen molar-refractivity contribution in [1.82, 2.24) is 5.32 Å². The number of benzene rings is 2. The van der Waals surface area contributed by atoms with Crippen LogP contribution < -0.4 is 14.8 Å². The Morgan fingerprint density at radius 1 is 1.04 bits per heavy atom.